The number of rotatable bonds is 4. The first-order chi connectivity index (χ1) is 11.0. The van der Waals surface area contributed by atoms with Gasteiger partial charge in [0.05, 0.1) is 19.8 Å². The predicted octanol–water partition coefficient (Wildman–Crippen LogP) is 4.12. The Morgan fingerprint density at radius 1 is 1.00 bits per heavy atom. The molecule has 3 aromatic rings. The molecule has 5 heteroatoms. The number of fused-ring (bicyclic) bond motifs is 1. The second-order valence-electron chi connectivity index (χ2n) is 5.24. The molecule has 0 fully saturated rings. The standard InChI is InChI=1S/C18H16O5/c1-10-4-15(18(19)20)14-9-16(23-17(14)5-10)11-6-12(21-2)8-13(7-11)22-3/h4-9H,1-3H3,(H,19,20). The summed E-state index contributed by atoms with van der Waals surface area (Å²) in [5, 5.41) is 9.94. The van der Waals surface area contributed by atoms with Crippen molar-refractivity contribution in [3.05, 3.63) is 47.5 Å². The van der Waals surface area contributed by atoms with Crippen molar-refractivity contribution in [2.45, 2.75) is 6.92 Å². The Kier molecular flexibility index (Phi) is 3.70. The molecule has 0 aliphatic rings. The number of benzene rings is 2. The summed E-state index contributed by atoms with van der Waals surface area (Å²) >= 11 is 0. The third-order valence-electron chi connectivity index (χ3n) is 3.65. The molecule has 118 valence electrons. The van der Waals surface area contributed by atoms with Gasteiger partial charge >= 0.3 is 5.97 Å². The van der Waals surface area contributed by atoms with E-state index in [2.05, 4.69) is 0 Å². The van der Waals surface area contributed by atoms with Crippen LogP contribution in [0.3, 0.4) is 0 Å². The molecule has 0 radical (unpaired) electrons. The highest BCUT2D eigenvalue weighted by Gasteiger charge is 2.16. The molecule has 0 aliphatic heterocycles. The van der Waals surface area contributed by atoms with E-state index in [1.165, 1.54) is 0 Å². The summed E-state index contributed by atoms with van der Waals surface area (Å²) in [6.45, 7) is 1.84. The van der Waals surface area contributed by atoms with E-state index in [1.54, 1.807) is 32.4 Å². The van der Waals surface area contributed by atoms with Crippen LogP contribution in [0, 0.1) is 6.92 Å². The van der Waals surface area contributed by atoms with Gasteiger partial charge in [0.15, 0.2) is 0 Å². The molecule has 0 saturated carbocycles. The minimum Gasteiger partial charge on any atom is -0.497 e. The Hall–Kier alpha value is -2.95. The molecule has 1 heterocycles. The summed E-state index contributed by atoms with van der Waals surface area (Å²) in [5.74, 6) is 0.850. The fraction of sp³-hybridized carbons (Fsp3) is 0.167. The Morgan fingerprint density at radius 2 is 1.65 bits per heavy atom. The predicted molar refractivity (Wildman–Crippen MR) is 86.5 cm³/mol. The molecular weight excluding hydrogens is 296 g/mol. The molecule has 0 saturated heterocycles. The van der Waals surface area contributed by atoms with Crippen LogP contribution in [-0.4, -0.2) is 25.3 Å². The van der Waals surface area contributed by atoms with E-state index in [0.717, 1.165) is 11.1 Å². The van der Waals surface area contributed by atoms with Crippen LogP contribution in [-0.2, 0) is 0 Å². The van der Waals surface area contributed by atoms with Gasteiger partial charge in [-0.2, -0.15) is 0 Å². The molecule has 0 amide bonds. The van der Waals surface area contributed by atoms with Crippen molar-refractivity contribution >= 4 is 16.9 Å². The van der Waals surface area contributed by atoms with Gasteiger partial charge < -0.3 is 19.0 Å². The number of carboxylic acid groups (broad SMARTS) is 1. The lowest BCUT2D eigenvalue weighted by Crippen LogP contribution is -1.96. The van der Waals surface area contributed by atoms with Crippen molar-refractivity contribution in [3.8, 4) is 22.8 Å². The second-order valence-corrected chi connectivity index (χ2v) is 5.24. The maximum atomic E-state index is 11.4. The number of hydrogen-bond donors (Lipinski definition) is 1. The molecule has 0 aliphatic carbocycles. The van der Waals surface area contributed by atoms with Crippen LogP contribution in [0.1, 0.15) is 15.9 Å². The van der Waals surface area contributed by atoms with Gasteiger partial charge in [0.1, 0.15) is 22.8 Å². The van der Waals surface area contributed by atoms with E-state index in [1.807, 2.05) is 25.1 Å². The second kappa shape index (κ2) is 5.68. The number of aromatic carboxylic acids is 1. The van der Waals surface area contributed by atoms with E-state index in [0.29, 0.717) is 28.2 Å². The van der Waals surface area contributed by atoms with Gasteiger partial charge in [-0.25, -0.2) is 4.79 Å². The van der Waals surface area contributed by atoms with Crippen LogP contribution >= 0.6 is 0 Å². The van der Waals surface area contributed by atoms with Crippen LogP contribution in [0.5, 0.6) is 11.5 Å². The van der Waals surface area contributed by atoms with Gasteiger partial charge in [0, 0.05) is 17.0 Å². The van der Waals surface area contributed by atoms with Gasteiger partial charge in [-0.3, -0.25) is 0 Å². The zero-order valence-corrected chi connectivity index (χ0v) is 13.0. The van der Waals surface area contributed by atoms with Crippen molar-refractivity contribution in [2.24, 2.45) is 0 Å². The van der Waals surface area contributed by atoms with Crippen molar-refractivity contribution in [1.29, 1.82) is 0 Å². The minimum atomic E-state index is -0.978. The van der Waals surface area contributed by atoms with Crippen molar-refractivity contribution in [1.82, 2.24) is 0 Å². The highest BCUT2D eigenvalue weighted by atomic mass is 16.5. The van der Waals surface area contributed by atoms with E-state index in [9.17, 15) is 9.90 Å². The summed E-state index contributed by atoms with van der Waals surface area (Å²) in [6.07, 6.45) is 0. The summed E-state index contributed by atoms with van der Waals surface area (Å²) in [5.41, 5.74) is 2.36. The molecule has 0 bridgehead atoms. The Labute approximate surface area is 133 Å². The third-order valence-corrected chi connectivity index (χ3v) is 3.65. The monoisotopic (exact) mass is 312 g/mol. The molecule has 0 unspecified atom stereocenters. The number of hydrogen-bond acceptors (Lipinski definition) is 4. The normalized spacial score (nSPS) is 10.7. The molecular formula is C18H16O5. The van der Waals surface area contributed by atoms with Crippen LogP contribution < -0.4 is 9.47 Å². The Balaban J connectivity index is 2.21. The molecule has 2 aromatic carbocycles. The maximum absolute atomic E-state index is 11.4. The lowest BCUT2D eigenvalue weighted by molar-refractivity contribution is 0.0699. The van der Waals surface area contributed by atoms with Crippen LogP contribution in [0.15, 0.2) is 40.8 Å². The molecule has 1 N–H and O–H groups in total. The largest absolute Gasteiger partial charge is 0.497 e. The van der Waals surface area contributed by atoms with Gasteiger partial charge in [-0.1, -0.05) is 0 Å². The fourth-order valence-electron chi connectivity index (χ4n) is 2.55. The van der Waals surface area contributed by atoms with Gasteiger partial charge in [0.25, 0.3) is 0 Å². The van der Waals surface area contributed by atoms with Crippen molar-refractivity contribution in [2.75, 3.05) is 14.2 Å². The summed E-state index contributed by atoms with van der Waals surface area (Å²) in [4.78, 5) is 11.4. The number of furan rings is 1. The zero-order chi connectivity index (χ0) is 16.6. The molecule has 5 nitrogen and oxygen atoms in total. The number of ether oxygens (including phenoxy) is 2. The van der Waals surface area contributed by atoms with E-state index < -0.39 is 5.97 Å². The van der Waals surface area contributed by atoms with Crippen LogP contribution in [0.25, 0.3) is 22.3 Å². The smallest absolute Gasteiger partial charge is 0.336 e. The summed E-state index contributed by atoms with van der Waals surface area (Å²) in [6, 6.07) is 10.6. The van der Waals surface area contributed by atoms with E-state index in [-0.39, 0.29) is 5.56 Å². The minimum absolute atomic E-state index is 0.227. The van der Waals surface area contributed by atoms with E-state index in [4.69, 9.17) is 13.9 Å². The molecule has 1 aromatic heterocycles. The fourth-order valence-corrected chi connectivity index (χ4v) is 2.55. The number of aryl methyl sites for hydroxylation is 1. The lowest BCUT2D eigenvalue weighted by atomic mass is 10.1. The topological polar surface area (TPSA) is 68.9 Å². The number of carbonyl (C=O) groups is 1. The third kappa shape index (κ3) is 2.73. The van der Waals surface area contributed by atoms with Gasteiger partial charge in [0.2, 0.25) is 0 Å². The molecule has 0 spiro atoms. The van der Waals surface area contributed by atoms with Gasteiger partial charge in [-0.15, -0.1) is 0 Å². The Bertz CT molecular complexity index is 870. The molecule has 0 atom stereocenters. The van der Waals surface area contributed by atoms with Crippen molar-refractivity contribution < 1.29 is 23.8 Å². The Morgan fingerprint density at radius 3 is 2.22 bits per heavy atom. The average molecular weight is 312 g/mol. The SMILES string of the molecule is COc1cc(OC)cc(-c2cc3c(C(=O)O)cc(C)cc3o2)c1. The first-order valence-electron chi connectivity index (χ1n) is 7.02. The number of methoxy groups -OCH3 is 2. The molecule has 23 heavy (non-hydrogen) atoms. The van der Waals surface area contributed by atoms with Crippen LogP contribution in [0.4, 0.5) is 0 Å². The number of carboxylic acids is 1. The highest BCUT2D eigenvalue weighted by molar-refractivity contribution is 6.03. The highest BCUT2D eigenvalue weighted by Crippen LogP contribution is 2.34. The molecule has 3 rings (SSSR count). The van der Waals surface area contributed by atoms with Crippen molar-refractivity contribution in [3.63, 3.8) is 0 Å². The summed E-state index contributed by atoms with van der Waals surface area (Å²) < 4.78 is 16.4. The quantitative estimate of drug-likeness (QED) is 0.784. The van der Waals surface area contributed by atoms with E-state index >= 15 is 0 Å². The summed E-state index contributed by atoms with van der Waals surface area (Å²) in [7, 11) is 3.15. The lowest BCUT2D eigenvalue weighted by Gasteiger charge is -2.06. The first kappa shape index (κ1) is 15.0. The van der Waals surface area contributed by atoms with Gasteiger partial charge in [-0.05, 0) is 42.8 Å². The maximum Gasteiger partial charge on any atom is 0.336 e. The average Bonchev–Trinajstić information content (AvgIpc) is 2.97. The first-order valence-corrected chi connectivity index (χ1v) is 7.02. The zero-order valence-electron chi connectivity index (χ0n) is 13.0. The van der Waals surface area contributed by atoms with Crippen LogP contribution in [0.2, 0.25) is 0 Å².